The second-order valence-corrected chi connectivity index (χ2v) is 7.53. The van der Waals surface area contributed by atoms with Crippen molar-refractivity contribution >= 4 is 28.7 Å². The predicted octanol–water partition coefficient (Wildman–Crippen LogP) is 5.61. The number of rotatable bonds is 7. The Morgan fingerprint density at radius 2 is 1.78 bits per heavy atom. The Morgan fingerprint density at radius 3 is 2.53 bits per heavy atom. The summed E-state index contributed by atoms with van der Waals surface area (Å²) in [6.45, 7) is 0.134. The minimum absolute atomic E-state index is 0.0327. The lowest BCUT2D eigenvalue weighted by molar-refractivity contribution is 0.145. The van der Waals surface area contributed by atoms with E-state index in [0.29, 0.717) is 39.3 Å². The molecular formula is C24H19ClFNO5. The summed E-state index contributed by atoms with van der Waals surface area (Å²) in [6, 6.07) is 16.8. The number of carbonyl (C=O) groups is 1. The monoisotopic (exact) mass is 455 g/mol. The molecule has 0 fully saturated rings. The van der Waals surface area contributed by atoms with E-state index in [9.17, 15) is 14.3 Å². The molecule has 164 valence electrons. The number of para-hydroxylation sites is 1. The van der Waals surface area contributed by atoms with Crippen molar-refractivity contribution in [2.24, 2.45) is 0 Å². The number of hydrogen-bond acceptors (Lipinski definition) is 4. The minimum Gasteiger partial charge on any atom is -0.488 e. The summed E-state index contributed by atoms with van der Waals surface area (Å²) in [5.41, 5.74) is 2.45. The van der Waals surface area contributed by atoms with Crippen molar-refractivity contribution in [3.05, 3.63) is 94.4 Å². The molecule has 2 N–H and O–H groups in total. The van der Waals surface area contributed by atoms with Crippen molar-refractivity contribution in [3.63, 3.8) is 0 Å². The van der Waals surface area contributed by atoms with E-state index in [1.807, 2.05) is 28.8 Å². The van der Waals surface area contributed by atoms with Gasteiger partial charge in [-0.15, -0.1) is 0 Å². The summed E-state index contributed by atoms with van der Waals surface area (Å²) in [6.07, 6.45) is 0.317. The quantitative estimate of drug-likeness (QED) is 0.279. The van der Waals surface area contributed by atoms with Crippen LogP contribution in [-0.2, 0) is 19.8 Å². The summed E-state index contributed by atoms with van der Waals surface area (Å²) in [5.74, 6) is 0.290. The van der Waals surface area contributed by atoms with Crippen molar-refractivity contribution in [2.75, 3.05) is 0 Å². The average molecular weight is 456 g/mol. The van der Waals surface area contributed by atoms with Gasteiger partial charge in [0.1, 0.15) is 23.9 Å². The number of aliphatic hydroxyl groups is 1. The fourth-order valence-electron chi connectivity index (χ4n) is 3.59. The fourth-order valence-corrected chi connectivity index (χ4v) is 3.75. The molecule has 32 heavy (non-hydrogen) atoms. The molecule has 0 aliphatic carbocycles. The maximum absolute atomic E-state index is 14.1. The summed E-state index contributed by atoms with van der Waals surface area (Å²) >= 11 is 5.81. The number of ether oxygens (including phenoxy) is 2. The fraction of sp³-hybridized carbons (Fsp3) is 0.125. The standard InChI is InChI=1S/C24H19ClFNO5/c25-18-9-8-16(19(26)10-18)14-31-21-6-2-1-4-15(21)11-27-12-17(13-28)23-20(27)5-3-7-22(23)32-24(29)30/h1-10,12,28H,11,13-14H2,(H,29,30). The number of nitrogens with zero attached hydrogens (tertiary/aromatic N) is 1. The number of benzene rings is 3. The van der Waals surface area contributed by atoms with Crippen LogP contribution in [0.4, 0.5) is 9.18 Å². The topological polar surface area (TPSA) is 80.9 Å². The first-order valence-electron chi connectivity index (χ1n) is 9.73. The second-order valence-electron chi connectivity index (χ2n) is 7.09. The van der Waals surface area contributed by atoms with Gasteiger partial charge in [-0.1, -0.05) is 41.9 Å². The summed E-state index contributed by atoms with van der Waals surface area (Å²) in [4.78, 5) is 11.0. The zero-order chi connectivity index (χ0) is 22.7. The van der Waals surface area contributed by atoms with Crippen LogP contribution in [0, 0.1) is 5.82 Å². The van der Waals surface area contributed by atoms with Gasteiger partial charge in [-0.2, -0.15) is 0 Å². The van der Waals surface area contributed by atoms with E-state index in [2.05, 4.69) is 0 Å². The van der Waals surface area contributed by atoms with Crippen LogP contribution < -0.4 is 9.47 Å². The van der Waals surface area contributed by atoms with Crippen molar-refractivity contribution in [1.82, 2.24) is 4.57 Å². The van der Waals surface area contributed by atoms with Crippen LogP contribution in [0.15, 0.2) is 66.9 Å². The molecule has 8 heteroatoms. The van der Waals surface area contributed by atoms with E-state index >= 15 is 0 Å². The maximum Gasteiger partial charge on any atom is 0.511 e. The molecule has 0 atom stereocenters. The Balaban J connectivity index is 1.64. The molecule has 0 bridgehead atoms. The highest BCUT2D eigenvalue weighted by molar-refractivity contribution is 6.30. The molecular weight excluding hydrogens is 437 g/mol. The Labute approximate surface area is 188 Å². The van der Waals surface area contributed by atoms with Gasteiger partial charge in [0.05, 0.1) is 18.7 Å². The molecule has 0 saturated heterocycles. The molecule has 6 nitrogen and oxygen atoms in total. The van der Waals surface area contributed by atoms with E-state index in [1.54, 1.807) is 30.5 Å². The normalized spacial score (nSPS) is 11.0. The predicted molar refractivity (Wildman–Crippen MR) is 118 cm³/mol. The van der Waals surface area contributed by atoms with Gasteiger partial charge in [0, 0.05) is 33.3 Å². The third kappa shape index (κ3) is 4.54. The second kappa shape index (κ2) is 9.30. The Bertz CT molecular complexity index is 1290. The lowest BCUT2D eigenvalue weighted by Gasteiger charge is -2.13. The van der Waals surface area contributed by atoms with Gasteiger partial charge >= 0.3 is 6.16 Å². The average Bonchev–Trinajstić information content (AvgIpc) is 3.12. The van der Waals surface area contributed by atoms with Crippen LogP contribution in [0.3, 0.4) is 0 Å². The largest absolute Gasteiger partial charge is 0.511 e. The zero-order valence-electron chi connectivity index (χ0n) is 16.8. The molecule has 0 saturated carbocycles. The van der Waals surface area contributed by atoms with Crippen molar-refractivity contribution in [1.29, 1.82) is 0 Å². The van der Waals surface area contributed by atoms with E-state index in [1.165, 1.54) is 12.1 Å². The van der Waals surface area contributed by atoms with Crippen molar-refractivity contribution in [3.8, 4) is 11.5 Å². The number of aromatic nitrogens is 1. The van der Waals surface area contributed by atoms with Crippen LogP contribution in [0.2, 0.25) is 5.02 Å². The molecule has 1 aromatic heterocycles. The number of aliphatic hydroxyl groups excluding tert-OH is 1. The molecule has 0 aliphatic rings. The highest BCUT2D eigenvalue weighted by Crippen LogP contribution is 2.32. The maximum atomic E-state index is 14.1. The van der Waals surface area contributed by atoms with Gasteiger partial charge in [0.2, 0.25) is 0 Å². The Hall–Kier alpha value is -3.55. The smallest absolute Gasteiger partial charge is 0.488 e. The molecule has 0 unspecified atom stereocenters. The highest BCUT2D eigenvalue weighted by Gasteiger charge is 2.16. The van der Waals surface area contributed by atoms with Gasteiger partial charge in [-0.3, -0.25) is 0 Å². The lowest BCUT2D eigenvalue weighted by atomic mass is 10.1. The molecule has 0 amide bonds. The van der Waals surface area contributed by atoms with Gasteiger partial charge in [-0.05, 0) is 30.3 Å². The first kappa shape index (κ1) is 21.7. The molecule has 4 rings (SSSR count). The number of hydrogen-bond donors (Lipinski definition) is 2. The zero-order valence-corrected chi connectivity index (χ0v) is 17.6. The summed E-state index contributed by atoms with van der Waals surface area (Å²) < 4.78 is 26.8. The van der Waals surface area contributed by atoms with Gasteiger partial charge in [0.25, 0.3) is 0 Å². The van der Waals surface area contributed by atoms with E-state index in [0.717, 1.165) is 5.56 Å². The SMILES string of the molecule is O=C(O)Oc1cccc2c1c(CO)cn2Cc1ccccc1OCc1ccc(Cl)cc1F. The minimum atomic E-state index is -1.43. The summed E-state index contributed by atoms with van der Waals surface area (Å²) in [5, 5.41) is 19.7. The van der Waals surface area contributed by atoms with Crippen LogP contribution in [0.1, 0.15) is 16.7 Å². The molecule has 1 heterocycles. The molecule has 0 aliphatic heterocycles. The Kier molecular flexibility index (Phi) is 6.30. The first-order chi connectivity index (χ1) is 15.5. The molecule has 0 radical (unpaired) electrons. The van der Waals surface area contributed by atoms with Crippen LogP contribution in [-0.4, -0.2) is 20.9 Å². The number of carboxylic acid groups (broad SMARTS) is 1. The van der Waals surface area contributed by atoms with Gasteiger partial charge in [-0.25, -0.2) is 9.18 Å². The highest BCUT2D eigenvalue weighted by atomic mass is 35.5. The Morgan fingerprint density at radius 1 is 1.00 bits per heavy atom. The molecule has 0 spiro atoms. The number of halogens is 2. The molecule has 3 aromatic carbocycles. The summed E-state index contributed by atoms with van der Waals surface area (Å²) in [7, 11) is 0. The van der Waals surface area contributed by atoms with Crippen molar-refractivity contribution < 1.29 is 28.9 Å². The van der Waals surface area contributed by atoms with Gasteiger partial charge in [0.15, 0.2) is 0 Å². The van der Waals surface area contributed by atoms with Crippen molar-refractivity contribution in [2.45, 2.75) is 19.8 Å². The third-order valence-corrected chi connectivity index (χ3v) is 5.26. The van der Waals surface area contributed by atoms with Gasteiger partial charge < -0.3 is 24.3 Å². The number of fused-ring (bicyclic) bond motifs is 1. The molecule has 4 aromatic rings. The third-order valence-electron chi connectivity index (χ3n) is 5.03. The van der Waals surface area contributed by atoms with Crippen LogP contribution in [0.5, 0.6) is 11.5 Å². The van der Waals surface area contributed by atoms with E-state index in [4.69, 9.17) is 26.2 Å². The van der Waals surface area contributed by atoms with E-state index in [-0.39, 0.29) is 19.0 Å². The lowest BCUT2D eigenvalue weighted by Crippen LogP contribution is -2.05. The van der Waals surface area contributed by atoms with E-state index < -0.39 is 12.0 Å². The van der Waals surface area contributed by atoms with Crippen LogP contribution in [0.25, 0.3) is 10.9 Å². The first-order valence-corrected chi connectivity index (χ1v) is 10.1. The van der Waals surface area contributed by atoms with Crippen LogP contribution >= 0.6 is 11.6 Å².